The van der Waals surface area contributed by atoms with Crippen LogP contribution in [0.25, 0.3) is 16.5 Å². The van der Waals surface area contributed by atoms with E-state index in [0.29, 0.717) is 22.7 Å². The second-order valence-electron chi connectivity index (χ2n) is 8.24. The molecule has 4 aromatic rings. The van der Waals surface area contributed by atoms with Crippen LogP contribution >= 0.6 is 11.3 Å². The van der Waals surface area contributed by atoms with E-state index >= 15 is 0 Å². The van der Waals surface area contributed by atoms with Crippen molar-refractivity contribution in [1.29, 1.82) is 0 Å². The van der Waals surface area contributed by atoms with Crippen molar-refractivity contribution < 1.29 is 24.2 Å². The average Bonchev–Trinajstić information content (AvgIpc) is 3.42. The summed E-state index contributed by atoms with van der Waals surface area (Å²) in [4.78, 5) is 29.0. The van der Waals surface area contributed by atoms with Gasteiger partial charge in [-0.05, 0) is 52.9 Å². The Kier molecular flexibility index (Phi) is 5.78. The van der Waals surface area contributed by atoms with Crippen LogP contribution in [0.5, 0.6) is 11.5 Å². The van der Waals surface area contributed by atoms with Crippen molar-refractivity contribution in [2.75, 3.05) is 19.1 Å². The number of thiophene rings is 1. The average molecular weight is 486 g/mol. The largest absolute Gasteiger partial charge is 0.507 e. The van der Waals surface area contributed by atoms with Crippen molar-refractivity contribution in [3.63, 3.8) is 0 Å². The number of rotatable bonds is 5. The smallest absolute Gasteiger partial charge is 0.300 e. The Morgan fingerprint density at radius 2 is 1.66 bits per heavy atom. The number of aliphatic hydroxyl groups excluding tert-OH is 1. The molecule has 1 N–H and O–H groups in total. The number of carbonyl (C=O) groups excluding carboxylic acids is 2. The molecule has 1 aromatic heterocycles. The molecule has 1 unspecified atom stereocenters. The van der Waals surface area contributed by atoms with Crippen LogP contribution in [0, 0.1) is 6.92 Å². The van der Waals surface area contributed by atoms with Gasteiger partial charge >= 0.3 is 0 Å². The molecule has 176 valence electrons. The number of hydrogen-bond acceptors (Lipinski definition) is 6. The molecular weight excluding hydrogens is 462 g/mol. The number of Topliss-reactive ketones (excluding diaryl/α,β-unsaturated/α-hetero) is 1. The van der Waals surface area contributed by atoms with Gasteiger partial charge in [-0.1, -0.05) is 36.4 Å². The Labute approximate surface area is 206 Å². The molecular formula is C28H23NO5S. The van der Waals surface area contributed by atoms with Crippen molar-refractivity contribution in [3.05, 3.63) is 93.7 Å². The minimum Gasteiger partial charge on any atom is -0.507 e. The van der Waals surface area contributed by atoms with E-state index in [0.717, 1.165) is 21.2 Å². The number of benzene rings is 3. The zero-order chi connectivity index (χ0) is 24.7. The van der Waals surface area contributed by atoms with E-state index in [4.69, 9.17) is 9.47 Å². The second-order valence-corrected chi connectivity index (χ2v) is 9.19. The van der Waals surface area contributed by atoms with Crippen LogP contribution in [0.2, 0.25) is 0 Å². The van der Waals surface area contributed by atoms with Gasteiger partial charge in [-0.15, -0.1) is 11.3 Å². The molecule has 1 saturated heterocycles. The van der Waals surface area contributed by atoms with Gasteiger partial charge in [0.25, 0.3) is 11.7 Å². The molecule has 0 radical (unpaired) electrons. The molecule has 1 atom stereocenters. The van der Waals surface area contributed by atoms with E-state index < -0.39 is 17.7 Å². The minimum atomic E-state index is -0.778. The SMILES string of the molecule is COc1ccc(N2C(=O)C(=O)/C(=C(\O)c3ccc4ccccc4c3)C2c2sccc2C)cc1OC. The molecule has 1 aliphatic heterocycles. The minimum absolute atomic E-state index is 0.0608. The fourth-order valence-electron chi connectivity index (χ4n) is 4.48. The monoisotopic (exact) mass is 485 g/mol. The van der Waals surface area contributed by atoms with Gasteiger partial charge in [0.05, 0.1) is 19.8 Å². The Hall–Kier alpha value is -4.10. The van der Waals surface area contributed by atoms with Crippen LogP contribution in [0.1, 0.15) is 22.0 Å². The maximum absolute atomic E-state index is 13.4. The molecule has 6 nitrogen and oxygen atoms in total. The van der Waals surface area contributed by atoms with E-state index in [1.807, 2.05) is 54.8 Å². The number of carbonyl (C=O) groups is 2. The summed E-state index contributed by atoms with van der Waals surface area (Å²) in [6, 6.07) is 19.5. The van der Waals surface area contributed by atoms with Crippen LogP contribution < -0.4 is 14.4 Å². The summed E-state index contributed by atoms with van der Waals surface area (Å²) in [5.41, 5.74) is 1.94. The van der Waals surface area contributed by atoms with Gasteiger partial charge in [0.1, 0.15) is 11.8 Å². The first-order valence-electron chi connectivity index (χ1n) is 11.0. The van der Waals surface area contributed by atoms with Gasteiger partial charge < -0.3 is 14.6 Å². The Bertz CT molecular complexity index is 1500. The van der Waals surface area contributed by atoms with Crippen molar-refractivity contribution in [2.45, 2.75) is 13.0 Å². The molecule has 1 fully saturated rings. The van der Waals surface area contributed by atoms with Gasteiger partial charge in [0.2, 0.25) is 0 Å². The van der Waals surface area contributed by atoms with Gasteiger partial charge in [-0.3, -0.25) is 14.5 Å². The zero-order valence-corrected chi connectivity index (χ0v) is 20.3. The summed E-state index contributed by atoms with van der Waals surface area (Å²) in [5.74, 6) is -0.702. The highest BCUT2D eigenvalue weighted by Crippen LogP contribution is 2.46. The predicted molar refractivity (Wildman–Crippen MR) is 137 cm³/mol. The number of hydrogen-bond donors (Lipinski definition) is 1. The number of fused-ring (bicyclic) bond motifs is 1. The molecule has 0 bridgehead atoms. The number of aliphatic hydroxyl groups is 1. The lowest BCUT2D eigenvalue weighted by atomic mass is 9.97. The first-order valence-corrected chi connectivity index (χ1v) is 11.9. The summed E-state index contributed by atoms with van der Waals surface area (Å²) in [7, 11) is 3.04. The highest BCUT2D eigenvalue weighted by Gasteiger charge is 2.48. The van der Waals surface area contributed by atoms with Gasteiger partial charge in [0, 0.05) is 22.2 Å². The third-order valence-electron chi connectivity index (χ3n) is 6.26. The van der Waals surface area contributed by atoms with E-state index in [9.17, 15) is 14.7 Å². The quantitative estimate of drug-likeness (QED) is 0.218. The number of amides is 1. The molecule has 35 heavy (non-hydrogen) atoms. The first-order chi connectivity index (χ1) is 16.9. The summed E-state index contributed by atoms with van der Waals surface area (Å²) < 4.78 is 10.8. The molecule has 7 heteroatoms. The summed E-state index contributed by atoms with van der Waals surface area (Å²) >= 11 is 1.44. The van der Waals surface area contributed by atoms with E-state index in [1.165, 1.54) is 30.5 Å². The lowest BCUT2D eigenvalue weighted by Crippen LogP contribution is -2.29. The van der Waals surface area contributed by atoms with Crippen molar-refractivity contribution >= 4 is 45.2 Å². The maximum atomic E-state index is 13.4. The highest BCUT2D eigenvalue weighted by molar-refractivity contribution is 7.10. The second kappa shape index (κ2) is 8.92. The van der Waals surface area contributed by atoms with Crippen LogP contribution in [-0.4, -0.2) is 31.0 Å². The number of ketones is 1. The number of ether oxygens (including phenoxy) is 2. The number of aryl methyl sites for hydroxylation is 1. The molecule has 0 spiro atoms. The number of nitrogens with zero attached hydrogens (tertiary/aromatic N) is 1. The van der Waals surface area contributed by atoms with Crippen LogP contribution in [0.15, 0.2) is 77.7 Å². The Morgan fingerprint density at radius 1 is 0.914 bits per heavy atom. The van der Waals surface area contributed by atoms with Crippen LogP contribution in [0.4, 0.5) is 5.69 Å². The summed E-state index contributed by atoms with van der Waals surface area (Å²) in [6.07, 6.45) is 0. The van der Waals surface area contributed by atoms with Crippen molar-refractivity contribution in [1.82, 2.24) is 0 Å². The lowest BCUT2D eigenvalue weighted by molar-refractivity contribution is -0.132. The first kappa shape index (κ1) is 22.7. The fourth-order valence-corrected chi connectivity index (χ4v) is 5.50. The van der Waals surface area contributed by atoms with Crippen LogP contribution in [0.3, 0.4) is 0 Å². The highest BCUT2D eigenvalue weighted by atomic mass is 32.1. The third-order valence-corrected chi connectivity index (χ3v) is 7.33. The molecule has 1 amide bonds. The molecule has 3 aromatic carbocycles. The van der Waals surface area contributed by atoms with Gasteiger partial charge in [-0.2, -0.15) is 0 Å². The molecule has 0 saturated carbocycles. The maximum Gasteiger partial charge on any atom is 0.300 e. The van der Waals surface area contributed by atoms with E-state index in [2.05, 4.69) is 0 Å². The summed E-state index contributed by atoms with van der Waals surface area (Å²) in [6.45, 7) is 1.93. The molecule has 1 aliphatic rings. The fraction of sp³-hybridized carbons (Fsp3) is 0.143. The standard InChI is InChI=1S/C28H23NO5S/c1-16-12-13-35-27(16)24-23(25(30)19-9-8-17-6-4-5-7-18(17)14-19)26(31)28(32)29(24)20-10-11-21(33-2)22(15-20)34-3/h4-15,24,30H,1-3H3/b25-23-. The van der Waals surface area contributed by atoms with Crippen molar-refractivity contribution in [2.24, 2.45) is 0 Å². The Balaban J connectivity index is 1.72. The molecule has 5 rings (SSSR count). The molecule has 2 heterocycles. The predicted octanol–water partition coefficient (Wildman–Crippen LogP) is 5.85. The van der Waals surface area contributed by atoms with E-state index in [-0.39, 0.29) is 11.3 Å². The zero-order valence-electron chi connectivity index (χ0n) is 19.4. The topological polar surface area (TPSA) is 76.1 Å². The van der Waals surface area contributed by atoms with Gasteiger partial charge in [0.15, 0.2) is 11.5 Å². The number of anilines is 1. The van der Waals surface area contributed by atoms with Crippen LogP contribution in [-0.2, 0) is 9.59 Å². The summed E-state index contributed by atoms with van der Waals surface area (Å²) in [5, 5.41) is 15.3. The molecule has 0 aliphatic carbocycles. The van der Waals surface area contributed by atoms with Crippen molar-refractivity contribution in [3.8, 4) is 11.5 Å². The third kappa shape index (κ3) is 3.74. The lowest BCUT2D eigenvalue weighted by Gasteiger charge is -2.25. The van der Waals surface area contributed by atoms with E-state index in [1.54, 1.807) is 24.3 Å². The van der Waals surface area contributed by atoms with Gasteiger partial charge in [-0.25, -0.2) is 0 Å². The Morgan fingerprint density at radius 3 is 2.34 bits per heavy atom. The normalized spacial score (nSPS) is 17.2. The number of methoxy groups -OCH3 is 2.